The highest BCUT2D eigenvalue weighted by Crippen LogP contribution is 2.05. The van der Waals surface area contributed by atoms with Crippen molar-refractivity contribution in [1.29, 1.82) is 0 Å². The van der Waals surface area contributed by atoms with Crippen molar-refractivity contribution < 1.29 is 14.5 Å². The van der Waals surface area contributed by atoms with Crippen LogP contribution in [0.3, 0.4) is 0 Å². The molecule has 0 saturated carbocycles. The molecule has 0 aliphatic carbocycles. The van der Waals surface area contributed by atoms with Crippen LogP contribution in [-0.4, -0.2) is 32.4 Å². The van der Waals surface area contributed by atoms with Crippen molar-refractivity contribution >= 4 is 28.6 Å². The van der Waals surface area contributed by atoms with Crippen molar-refractivity contribution in [2.75, 3.05) is 6.54 Å². The molecule has 0 atom stereocenters. The van der Waals surface area contributed by atoms with Crippen LogP contribution in [0.15, 0.2) is 12.3 Å². The van der Waals surface area contributed by atoms with Crippen LogP contribution in [0.25, 0.3) is 0 Å². The molecule has 1 aromatic heterocycles. The van der Waals surface area contributed by atoms with E-state index in [1.807, 2.05) is 0 Å². The third-order valence-corrected chi connectivity index (χ3v) is 2.44. The molecular formula is C10H13ClN4O4. The van der Waals surface area contributed by atoms with E-state index in [0.717, 1.165) is 0 Å². The Labute approximate surface area is 113 Å². The van der Waals surface area contributed by atoms with Gasteiger partial charge < -0.3 is 15.4 Å². The minimum Gasteiger partial charge on any atom is -0.358 e. The second kappa shape index (κ2) is 7.47. The maximum atomic E-state index is 11.4. The number of nitro groups is 1. The van der Waals surface area contributed by atoms with Crippen LogP contribution in [0, 0.1) is 10.1 Å². The zero-order chi connectivity index (χ0) is 14.3. The Balaban J connectivity index is 2.22. The fraction of sp³-hybridized carbons (Fsp3) is 0.500. The van der Waals surface area contributed by atoms with E-state index in [-0.39, 0.29) is 31.1 Å². The molecular weight excluding hydrogens is 276 g/mol. The Kier molecular flexibility index (Phi) is 5.94. The Morgan fingerprint density at radius 3 is 2.79 bits per heavy atom. The van der Waals surface area contributed by atoms with Crippen molar-refractivity contribution in [1.82, 2.24) is 15.1 Å². The Bertz CT molecular complexity index is 474. The maximum absolute atomic E-state index is 11.4. The molecule has 8 nitrogen and oxygen atoms in total. The lowest BCUT2D eigenvalue weighted by atomic mass is 10.3. The van der Waals surface area contributed by atoms with Gasteiger partial charge in [0.15, 0.2) is 0 Å². The standard InChI is InChI=1S/C10H13ClN4O4/c11-8(16)2-1-5-12-10(17)4-7-14-6-3-9(13-14)15(18)19/h3,6H,1-2,4-5,7H2,(H,12,17). The third kappa shape index (κ3) is 5.96. The largest absolute Gasteiger partial charge is 0.389 e. The van der Waals surface area contributed by atoms with Crippen LogP contribution >= 0.6 is 11.6 Å². The molecule has 0 spiro atoms. The van der Waals surface area contributed by atoms with E-state index in [4.69, 9.17) is 11.6 Å². The highest BCUT2D eigenvalue weighted by molar-refractivity contribution is 6.63. The molecule has 19 heavy (non-hydrogen) atoms. The van der Waals surface area contributed by atoms with Gasteiger partial charge in [-0.05, 0) is 22.9 Å². The van der Waals surface area contributed by atoms with Gasteiger partial charge in [-0.1, -0.05) is 0 Å². The molecule has 0 unspecified atom stereocenters. The Morgan fingerprint density at radius 2 is 2.21 bits per heavy atom. The SMILES string of the molecule is O=C(Cl)CCCNC(=O)CCn1ccc([N+](=O)[O-])n1. The minimum atomic E-state index is -0.597. The lowest BCUT2D eigenvalue weighted by molar-refractivity contribution is -0.389. The molecule has 0 aliphatic rings. The second-order valence-corrected chi connectivity index (χ2v) is 4.17. The number of amides is 1. The first-order valence-corrected chi connectivity index (χ1v) is 5.99. The van der Waals surface area contributed by atoms with Crippen molar-refractivity contribution in [3.63, 3.8) is 0 Å². The molecule has 0 bridgehead atoms. The Hall–Kier alpha value is -1.96. The summed E-state index contributed by atoms with van der Waals surface area (Å²) in [5.41, 5.74) is 0. The molecule has 1 heterocycles. The maximum Gasteiger partial charge on any atom is 0.389 e. The highest BCUT2D eigenvalue weighted by Gasteiger charge is 2.11. The summed E-state index contributed by atoms with van der Waals surface area (Å²) < 4.78 is 1.33. The predicted octanol–water partition coefficient (Wildman–Crippen LogP) is 0.843. The van der Waals surface area contributed by atoms with E-state index in [1.54, 1.807) is 0 Å². The number of halogens is 1. The van der Waals surface area contributed by atoms with Crippen LogP contribution in [0.4, 0.5) is 5.82 Å². The zero-order valence-electron chi connectivity index (χ0n) is 10.0. The first kappa shape index (κ1) is 15.1. The summed E-state index contributed by atoms with van der Waals surface area (Å²) in [6, 6.07) is 1.27. The van der Waals surface area contributed by atoms with Gasteiger partial charge in [-0.25, -0.2) is 0 Å². The molecule has 0 aromatic carbocycles. The molecule has 9 heteroatoms. The van der Waals surface area contributed by atoms with Gasteiger partial charge in [0.05, 0.1) is 23.9 Å². The first-order valence-electron chi connectivity index (χ1n) is 5.62. The van der Waals surface area contributed by atoms with E-state index in [1.165, 1.54) is 16.9 Å². The van der Waals surface area contributed by atoms with Crippen LogP contribution < -0.4 is 5.32 Å². The fourth-order valence-electron chi connectivity index (χ4n) is 1.33. The summed E-state index contributed by atoms with van der Waals surface area (Å²) in [5.74, 6) is -0.457. The van der Waals surface area contributed by atoms with Gasteiger partial charge in [-0.3, -0.25) is 9.59 Å². The van der Waals surface area contributed by atoms with Gasteiger partial charge >= 0.3 is 5.82 Å². The van der Waals surface area contributed by atoms with Crippen molar-refractivity contribution in [2.45, 2.75) is 25.8 Å². The topological polar surface area (TPSA) is 107 Å². The number of nitrogens with one attached hydrogen (secondary N) is 1. The monoisotopic (exact) mass is 288 g/mol. The molecule has 1 amide bonds. The van der Waals surface area contributed by atoms with Crippen LogP contribution in [-0.2, 0) is 16.1 Å². The van der Waals surface area contributed by atoms with Crippen LogP contribution in [0.2, 0.25) is 0 Å². The minimum absolute atomic E-state index is 0.160. The molecule has 0 radical (unpaired) electrons. The van der Waals surface area contributed by atoms with Gasteiger partial charge in [0.1, 0.15) is 0 Å². The summed E-state index contributed by atoms with van der Waals surface area (Å²) in [6.07, 6.45) is 2.31. The lowest BCUT2D eigenvalue weighted by Crippen LogP contribution is -2.25. The summed E-state index contributed by atoms with van der Waals surface area (Å²) >= 11 is 5.14. The summed E-state index contributed by atoms with van der Waals surface area (Å²) in [6.45, 7) is 0.630. The molecule has 0 fully saturated rings. The van der Waals surface area contributed by atoms with Gasteiger partial charge in [0, 0.05) is 19.4 Å². The number of nitrogens with zero attached hydrogens (tertiary/aromatic N) is 3. The van der Waals surface area contributed by atoms with E-state index in [2.05, 4.69) is 10.4 Å². The van der Waals surface area contributed by atoms with E-state index in [0.29, 0.717) is 13.0 Å². The fourth-order valence-corrected chi connectivity index (χ4v) is 1.47. The van der Waals surface area contributed by atoms with Crippen LogP contribution in [0.5, 0.6) is 0 Å². The molecule has 1 aromatic rings. The molecule has 104 valence electrons. The Morgan fingerprint density at radius 1 is 1.47 bits per heavy atom. The van der Waals surface area contributed by atoms with E-state index >= 15 is 0 Å². The number of rotatable bonds is 8. The lowest BCUT2D eigenvalue weighted by Gasteiger charge is -2.02. The molecule has 1 rings (SSSR count). The third-order valence-electron chi connectivity index (χ3n) is 2.25. The highest BCUT2D eigenvalue weighted by atomic mass is 35.5. The summed E-state index contributed by atoms with van der Waals surface area (Å²) in [7, 11) is 0. The number of aromatic nitrogens is 2. The number of aryl methyl sites for hydroxylation is 1. The average molecular weight is 289 g/mol. The van der Waals surface area contributed by atoms with Crippen LogP contribution in [0.1, 0.15) is 19.3 Å². The molecule has 0 saturated heterocycles. The first-order chi connectivity index (χ1) is 8.99. The van der Waals surface area contributed by atoms with Gasteiger partial charge in [0.25, 0.3) is 0 Å². The molecule has 1 N–H and O–H groups in total. The smallest absolute Gasteiger partial charge is 0.358 e. The van der Waals surface area contributed by atoms with E-state index < -0.39 is 10.2 Å². The van der Waals surface area contributed by atoms with Gasteiger partial charge in [0.2, 0.25) is 11.1 Å². The van der Waals surface area contributed by atoms with Crippen molar-refractivity contribution in [3.8, 4) is 0 Å². The quantitative estimate of drug-likeness (QED) is 0.330. The molecule has 0 aliphatic heterocycles. The average Bonchev–Trinajstić information content (AvgIpc) is 2.81. The number of hydrogen-bond acceptors (Lipinski definition) is 5. The normalized spacial score (nSPS) is 10.2. The zero-order valence-corrected chi connectivity index (χ0v) is 10.8. The van der Waals surface area contributed by atoms with E-state index in [9.17, 15) is 19.7 Å². The van der Waals surface area contributed by atoms with Crippen molar-refractivity contribution in [2.24, 2.45) is 0 Å². The number of carbonyl (C=O) groups is 2. The van der Waals surface area contributed by atoms with Gasteiger partial charge in [-0.2, -0.15) is 4.68 Å². The predicted molar refractivity (Wildman–Crippen MR) is 66.6 cm³/mol. The number of hydrogen-bond donors (Lipinski definition) is 1. The summed E-state index contributed by atoms with van der Waals surface area (Å²) in [5, 5.41) is 16.3. The number of carbonyl (C=O) groups excluding carboxylic acids is 2. The second-order valence-electron chi connectivity index (χ2n) is 3.75. The summed E-state index contributed by atoms with van der Waals surface area (Å²) in [4.78, 5) is 31.6. The van der Waals surface area contributed by atoms with Crippen molar-refractivity contribution in [3.05, 3.63) is 22.4 Å². The van der Waals surface area contributed by atoms with Gasteiger partial charge in [-0.15, -0.1) is 0 Å².